The molecule has 0 bridgehead atoms. The van der Waals surface area contributed by atoms with Gasteiger partial charge in [-0.1, -0.05) is 38.1 Å². The fraction of sp³-hybridized carbons (Fsp3) is 0.211. The molecule has 3 nitrogen and oxygen atoms in total. The predicted molar refractivity (Wildman–Crippen MR) is 86.7 cm³/mol. The SMILES string of the molecule is CC(C)COC(=O)c1cc([O])c2cc3ccccc3cc2c1. The van der Waals surface area contributed by atoms with Crippen LogP contribution in [0.5, 0.6) is 5.75 Å². The fourth-order valence-electron chi connectivity index (χ4n) is 2.46. The normalized spacial score (nSPS) is 11.2. The number of hydrogen-bond donors (Lipinski definition) is 0. The van der Waals surface area contributed by atoms with E-state index in [-0.39, 0.29) is 11.7 Å². The average Bonchev–Trinajstić information content (AvgIpc) is 2.50. The van der Waals surface area contributed by atoms with Crippen molar-refractivity contribution in [2.45, 2.75) is 13.8 Å². The maximum atomic E-state index is 12.3. The van der Waals surface area contributed by atoms with Crippen molar-refractivity contribution in [2.24, 2.45) is 5.92 Å². The molecule has 3 rings (SSSR count). The monoisotopic (exact) mass is 293 g/mol. The Labute approximate surface area is 129 Å². The number of carbonyl (C=O) groups is 1. The first-order chi connectivity index (χ1) is 10.5. The van der Waals surface area contributed by atoms with Crippen LogP contribution in [-0.2, 0) is 9.84 Å². The van der Waals surface area contributed by atoms with E-state index in [1.54, 1.807) is 6.07 Å². The van der Waals surface area contributed by atoms with Gasteiger partial charge in [0.25, 0.3) is 0 Å². The summed E-state index contributed by atoms with van der Waals surface area (Å²) in [5.74, 6) is -0.333. The third-order valence-electron chi connectivity index (χ3n) is 3.56. The number of hydrogen-bond acceptors (Lipinski definition) is 2. The summed E-state index contributed by atoms with van der Waals surface area (Å²) in [5.41, 5.74) is 0.313. The highest BCUT2D eigenvalue weighted by Crippen LogP contribution is 2.31. The van der Waals surface area contributed by atoms with Gasteiger partial charge in [0, 0.05) is 11.5 Å². The summed E-state index contributed by atoms with van der Waals surface area (Å²) in [5, 5.41) is 15.7. The minimum absolute atomic E-state index is 0.153. The van der Waals surface area contributed by atoms with E-state index < -0.39 is 5.97 Å². The Hall–Kier alpha value is -2.55. The molecule has 3 aromatic carbocycles. The van der Waals surface area contributed by atoms with E-state index in [0.717, 1.165) is 16.2 Å². The van der Waals surface area contributed by atoms with E-state index in [4.69, 9.17) is 4.74 Å². The molecule has 1 radical (unpaired) electrons. The Balaban J connectivity index is 2.07. The van der Waals surface area contributed by atoms with E-state index in [1.807, 2.05) is 50.2 Å². The smallest absolute Gasteiger partial charge is 0.338 e. The van der Waals surface area contributed by atoms with Gasteiger partial charge in [-0.25, -0.2) is 4.79 Å². The Bertz CT molecular complexity index is 850. The molecule has 0 aliphatic carbocycles. The molecule has 0 saturated carbocycles. The zero-order chi connectivity index (χ0) is 15.7. The van der Waals surface area contributed by atoms with Crippen LogP contribution in [0.3, 0.4) is 0 Å². The number of carbonyl (C=O) groups excluding carboxylic acids is 1. The van der Waals surface area contributed by atoms with Crippen LogP contribution in [0.25, 0.3) is 21.5 Å². The largest absolute Gasteiger partial charge is 0.462 e. The molecule has 0 aliphatic heterocycles. The summed E-state index contributed by atoms with van der Waals surface area (Å²) in [6, 6.07) is 14.7. The van der Waals surface area contributed by atoms with Crippen LogP contribution in [0.2, 0.25) is 0 Å². The Kier molecular flexibility index (Phi) is 3.72. The maximum Gasteiger partial charge on any atom is 0.338 e. The molecular weight excluding hydrogens is 276 g/mol. The van der Waals surface area contributed by atoms with Crippen LogP contribution in [0.1, 0.15) is 24.2 Å². The Morgan fingerprint density at radius 2 is 1.68 bits per heavy atom. The van der Waals surface area contributed by atoms with Crippen molar-refractivity contribution in [1.29, 1.82) is 0 Å². The zero-order valence-corrected chi connectivity index (χ0v) is 12.6. The molecule has 3 aromatic rings. The second-order valence-corrected chi connectivity index (χ2v) is 5.89. The molecule has 0 N–H and O–H groups in total. The third-order valence-corrected chi connectivity index (χ3v) is 3.56. The van der Waals surface area contributed by atoms with E-state index in [9.17, 15) is 9.90 Å². The summed E-state index contributed by atoms with van der Waals surface area (Å²) >= 11 is 0. The highest BCUT2D eigenvalue weighted by atomic mass is 16.5. The van der Waals surface area contributed by atoms with Crippen molar-refractivity contribution in [3.63, 3.8) is 0 Å². The summed E-state index contributed by atoms with van der Waals surface area (Å²) in [7, 11) is 0. The first-order valence-electron chi connectivity index (χ1n) is 7.35. The van der Waals surface area contributed by atoms with Crippen molar-refractivity contribution in [1.82, 2.24) is 0 Å². The molecule has 0 heterocycles. The van der Waals surface area contributed by atoms with Crippen LogP contribution >= 0.6 is 0 Å². The molecule has 3 heteroatoms. The van der Waals surface area contributed by atoms with Gasteiger partial charge in [-0.2, -0.15) is 0 Å². The Morgan fingerprint density at radius 1 is 1.00 bits per heavy atom. The van der Waals surface area contributed by atoms with Crippen LogP contribution in [0.15, 0.2) is 48.5 Å². The summed E-state index contributed by atoms with van der Waals surface area (Å²) in [6.07, 6.45) is 0. The van der Waals surface area contributed by atoms with Crippen LogP contribution < -0.4 is 0 Å². The van der Waals surface area contributed by atoms with Crippen molar-refractivity contribution in [3.05, 3.63) is 54.1 Å². The first kappa shape index (κ1) is 14.4. The lowest BCUT2D eigenvalue weighted by Crippen LogP contribution is -2.10. The number of fused-ring (bicyclic) bond motifs is 2. The van der Waals surface area contributed by atoms with E-state index >= 15 is 0 Å². The third kappa shape index (κ3) is 2.75. The lowest BCUT2D eigenvalue weighted by molar-refractivity contribution is 0.0458. The van der Waals surface area contributed by atoms with Crippen LogP contribution in [0, 0.1) is 5.92 Å². The van der Waals surface area contributed by atoms with Crippen molar-refractivity contribution in [2.75, 3.05) is 6.61 Å². The summed E-state index contributed by atoms with van der Waals surface area (Å²) in [4.78, 5) is 12.0. The number of rotatable bonds is 3. The lowest BCUT2D eigenvalue weighted by atomic mass is 10.0. The zero-order valence-electron chi connectivity index (χ0n) is 12.6. The van der Waals surface area contributed by atoms with E-state index in [0.29, 0.717) is 17.6 Å². The van der Waals surface area contributed by atoms with Gasteiger partial charge in [0.15, 0.2) is 5.75 Å². The van der Waals surface area contributed by atoms with E-state index in [2.05, 4.69) is 0 Å². The average molecular weight is 293 g/mol. The number of ether oxygens (including phenoxy) is 1. The van der Waals surface area contributed by atoms with Gasteiger partial charge in [-0.3, -0.25) is 5.11 Å². The minimum atomic E-state index is -0.444. The topological polar surface area (TPSA) is 46.2 Å². The van der Waals surface area contributed by atoms with Crippen LogP contribution in [0.4, 0.5) is 0 Å². The molecule has 22 heavy (non-hydrogen) atoms. The van der Waals surface area contributed by atoms with Gasteiger partial charge in [0.2, 0.25) is 0 Å². The molecule has 0 aliphatic rings. The first-order valence-corrected chi connectivity index (χ1v) is 7.35. The molecule has 0 fully saturated rings. The molecule has 0 aromatic heterocycles. The second-order valence-electron chi connectivity index (χ2n) is 5.89. The van der Waals surface area contributed by atoms with Gasteiger partial charge in [-0.15, -0.1) is 0 Å². The van der Waals surface area contributed by atoms with Crippen molar-refractivity contribution >= 4 is 27.5 Å². The van der Waals surface area contributed by atoms with Crippen molar-refractivity contribution in [3.8, 4) is 5.75 Å². The van der Waals surface area contributed by atoms with Gasteiger partial charge in [-0.05, 0) is 40.3 Å². The van der Waals surface area contributed by atoms with Crippen LogP contribution in [-0.4, -0.2) is 12.6 Å². The maximum absolute atomic E-state index is 12.3. The molecule has 0 amide bonds. The molecule has 111 valence electrons. The predicted octanol–water partition coefficient (Wildman–Crippen LogP) is 4.95. The summed E-state index contributed by atoms with van der Waals surface area (Å²) < 4.78 is 5.20. The Morgan fingerprint density at radius 3 is 2.36 bits per heavy atom. The van der Waals surface area contributed by atoms with Gasteiger partial charge >= 0.3 is 5.97 Å². The number of benzene rings is 3. The van der Waals surface area contributed by atoms with Gasteiger partial charge < -0.3 is 4.74 Å². The molecule has 0 saturated heterocycles. The summed E-state index contributed by atoms with van der Waals surface area (Å²) in [6.45, 7) is 4.29. The highest BCUT2D eigenvalue weighted by molar-refractivity contribution is 6.04. The highest BCUT2D eigenvalue weighted by Gasteiger charge is 2.13. The number of esters is 1. The standard InChI is InChI=1S/C19H17O3/c1-12(2)11-22-19(21)16-8-15-7-13-5-3-4-6-14(13)9-17(15)18(20)10-16/h3-10,12H,11H2,1-2H3. The molecule has 0 spiro atoms. The minimum Gasteiger partial charge on any atom is -0.462 e. The molecule has 0 unspecified atom stereocenters. The quantitative estimate of drug-likeness (QED) is 0.506. The molecular formula is C19H17O3. The second kappa shape index (κ2) is 5.68. The van der Waals surface area contributed by atoms with Gasteiger partial charge in [0.1, 0.15) is 0 Å². The van der Waals surface area contributed by atoms with Gasteiger partial charge in [0.05, 0.1) is 12.2 Å². The lowest BCUT2D eigenvalue weighted by Gasteiger charge is -2.09. The van der Waals surface area contributed by atoms with E-state index in [1.165, 1.54) is 6.07 Å². The fourth-order valence-corrected chi connectivity index (χ4v) is 2.46. The van der Waals surface area contributed by atoms with Crippen molar-refractivity contribution < 1.29 is 14.6 Å². The molecule has 0 atom stereocenters.